The quantitative estimate of drug-likeness (QED) is 0.765. The predicted molar refractivity (Wildman–Crippen MR) is 105 cm³/mol. The molecule has 1 atom stereocenters. The number of allylic oxidation sites excluding steroid dienone is 1. The lowest BCUT2D eigenvalue weighted by molar-refractivity contribution is -0.155. The number of ether oxygens (including phenoxy) is 1. The standard InChI is InChI=1S/C22H28N2O3/c1-4-27-21(26)22(11-14-23(3)15-12-22)19-10-13-24(17(2)25)20(16-19)18-8-6-5-7-9-18/h5-10,13,16,20H,4,11-12,14-15H2,1-3H3. The average Bonchev–Trinajstić information content (AvgIpc) is 2.69. The van der Waals surface area contributed by atoms with Crippen LogP contribution < -0.4 is 0 Å². The van der Waals surface area contributed by atoms with Gasteiger partial charge < -0.3 is 14.5 Å². The molecule has 2 aliphatic heterocycles. The van der Waals surface area contributed by atoms with Crippen LogP contribution in [0.1, 0.15) is 38.3 Å². The normalized spacial score (nSPS) is 22.3. The number of carbonyl (C=O) groups is 2. The summed E-state index contributed by atoms with van der Waals surface area (Å²) in [6.45, 7) is 5.47. The highest BCUT2D eigenvalue weighted by atomic mass is 16.5. The first-order chi connectivity index (χ1) is 13.0. The summed E-state index contributed by atoms with van der Waals surface area (Å²) >= 11 is 0. The van der Waals surface area contributed by atoms with E-state index in [9.17, 15) is 9.59 Å². The van der Waals surface area contributed by atoms with Gasteiger partial charge in [0.1, 0.15) is 0 Å². The largest absolute Gasteiger partial charge is 0.465 e. The van der Waals surface area contributed by atoms with Crippen LogP contribution in [0.2, 0.25) is 0 Å². The molecule has 1 unspecified atom stereocenters. The topological polar surface area (TPSA) is 49.9 Å². The minimum atomic E-state index is -0.644. The number of amides is 1. The van der Waals surface area contributed by atoms with E-state index in [1.54, 1.807) is 11.8 Å². The van der Waals surface area contributed by atoms with Crippen molar-refractivity contribution in [1.29, 1.82) is 0 Å². The van der Waals surface area contributed by atoms with Crippen molar-refractivity contribution in [3.05, 3.63) is 59.8 Å². The highest BCUT2D eigenvalue weighted by Gasteiger charge is 2.45. The Bertz CT molecular complexity index is 746. The van der Waals surface area contributed by atoms with Crippen LogP contribution in [0.15, 0.2) is 54.3 Å². The van der Waals surface area contributed by atoms with Gasteiger partial charge in [0.25, 0.3) is 0 Å². The molecule has 5 heteroatoms. The third kappa shape index (κ3) is 3.83. The van der Waals surface area contributed by atoms with Gasteiger partial charge in [-0.25, -0.2) is 0 Å². The first-order valence-corrected chi connectivity index (χ1v) is 9.58. The van der Waals surface area contributed by atoms with E-state index in [4.69, 9.17) is 4.74 Å². The minimum Gasteiger partial charge on any atom is -0.465 e. The predicted octanol–water partition coefficient (Wildman–Crippen LogP) is 3.31. The highest BCUT2D eigenvalue weighted by Crippen LogP contribution is 2.44. The molecule has 0 N–H and O–H groups in total. The van der Waals surface area contributed by atoms with Gasteiger partial charge in [0.15, 0.2) is 0 Å². The van der Waals surface area contributed by atoms with Crippen molar-refractivity contribution >= 4 is 11.9 Å². The summed E-state index contributed by atoms with van der Waals surface area (Å²) in [5.74, 6) is -0.180. The van der Waals surface area contributed by atoms with Gasteiger partial charge in [0, 0.05) is 13.1 Å². The van der Waals surface area contributed by atoms with E-state index in [1.165, 1.54) is 0 Å². The maximum absolute atomic E-state index is 13.0. The van der Waals surface area contributed by atoms with Crippen LogP contribution in [0.3, 0.4) is 0 Å². The number of benzene rings is 1. The minimum absolute atomic E-state index is 0.0241. The van der Waals surface area contributed by atoms with E-state index in [-0.39, 0.29) is 17.9 Å². The Morgan fingerprint density at radius 1 is 1.19 bits per heavy atom. The molecule has 0 saturated carbocycles. The van der Waals surface area contributed by atoms with E-state index in [2.05, 4.69) is 18.0 Å². The molecule has 144 valence electrons. The molecule has 3 rings (SSSR count). The molecular formula is C22H28N2O3. The van der Waals surface area contributed by atoms with E-state index >= 15 is 0 Å². The highest BCUT2D eigenvalue weighted by molar-refractivity contribution is 5.83. The van der Waals surface area contributed by atoms with Gasteiger partial charge in [-0.05, 0) is 57.1 Å². The molecule has 1 fully saturated rings. The molecule has 0 aromatic heterocycles. The zero-order chi connectivity index (χ0) is 19.4. The van der Waals surface area contributed by atoms with Crippen LogP contribution in [0, 0.1) is 5.41 Å². The van der Waals surface area contributed by atoms with Gasteiger partial charge >= 0.3 is 5.97 Å². The zero-order valence-corrected chi connectivity index (χ0v) is 16.4. The maximum Gasteiger partial charge on any atom is 0.316 e. The number of hydrogen-bond donors (Lipinski definition) is 0. The summed E-state index contributed by atoms with van der Waals surface area (Å²) in [5, 5.41) is 0. The fourth-order valence-electron chi connectivity index (χ4n) is 3.97. The number of rotatable bonds is 4. The molecule has 1 aromatic rings. The van der Waals surface area contributed by atoms with E-state index in [0.717, 1.165) is 37.1 Å². The smallest absolute Gasteiger partial charge is 0.316 e. The summed E-state index contributed by atoms with van der Waals surface area (Å²) in [4.78, 5) is 29.1. The third-order valence-corrected chi connectivity index (χ3v) is 5.62. The molecule has 0 bridgehead atoms. The third-order valence-electron chi connectivity index (χ3n) is 5.62. The number of piperidine rings is 1. The molecule has 2 aliphatic rings. The van der Waals surface area contributed by atoms with Gasteiger partial charge in [-0.3, -0.25) is 9.59 Å². The Morgan fingerprint density at radius 2 is 1.85 bits per heavy atom. The second-order valence-corrected chi connectivity index (χ2v) is 7.33. The summed E-state index contributed by atoms with van der Waals surface area (Å²) in [6, 6.07) is 9.71. The van der Waals surface area contributed by atoms with Gasteiger partial charge in [0.2, 0.25) is 5.91 Å². The van der Waals surface area contributed by atoms with Crippen molar-refractivity contribution in [1.82, 2.24) is 9.80 Å². The van der Waals surface area contributed by atoms with Crippen LogP contribution in [0.4, 0.5) is 0 Å². The molecule has 0 radical (unpaired) electrons. The lowest BCUT2D eigenvalue weighted by atomic mass is 9.70. The first kappa shape index (κ1) is 19.4. The zero-order valence-electron chi connectivity index (χ0n) is 16.4. The van der Waals surface area contributed by atoms with E-state index in [0.29, 0.717) is 6.61 Å². The van der Waals surface area contributed by atoms with Crippen LogP contribution >= 0.6 is 0 Å². The van der Waals surface area contributed by atoms with E-state index in [1.807, 2.05) is 49.5 Å². The SMILES string of the molecule is CCOC(=O)C1(C2=CC(c3ccccc3)N(C(C)=O)C=C2)CCN(C)CC1. The van der Waals surface area contributed by atoms with E-state index < -0.39 is 5.41 Å². The summed E-state index contributed by atoms with van der Waals surface area (Å²) < 4.78 is 5.48. The summed E-state index contributed by atoms with van der Waals surface area (Å²) in [6.07, 6.45) is 7.25. The fraction of sp³-hybridized carbons (Fsp3) is 0.455. The Morgan fingerprint density at radius 3 is 2.44 bits per heavy atom. The Balaban J connectivity index is 2.02. The average molecular weight is 368 g/mol. The maximum atomic E-state index is 13.0. The Labute approximate surface area is 161 Å². The molecule has 2 heterocycles. The molecule has 27 heavy (non-hydrogen) atoms. The second kappa shape index (κ2) is 8.09. The molecule has 1 amide bonds. The first-order valence-electron chi connectivity index (χ1n) is 9.58. The van der Waals surface area contributed by atoms with Crippen LogP contribution in [-0.4, -0.2) is 48.4 Å². The number of nitrogens with zero attached hydrogens (tertiary/aromatic N) is 2. The van der Waals surface area contributed by atoms with Gasteiger partial charge in [-0.2, -0.15) is 0 Å². The van der Waals surface area contributed by atoms with Gasteiger partial charge in [-0.15, -0.1) is 0 Å². The van der Waals surface area contributed by atoms with Crippen molar-refractivity contribution in [2.75, 3.05) is 26.7 Å². The van der Waals surface area contributed by atoms with Crippen molar-refractivity contribution in [2.24, 2.45) is 5.41 Å². The number of esters is 1. The Hall–Kier alpha value is -2.40. The molecule has 1 aromatic carbocycles. The van der Waals surface area contributed by atoms with Crippen molar-refractivity contribution < 1.29 is 14.3 Å². The van der Waals surface area contributed by atoms with Crippen LogP contribution in [0.25, 0.3) is 0 Å². The van der Waals surface area contributed by atoms with Crippen molar-refractivity contribution in [3.8, 4) is 0 Å². The number of carbonyl (C=O) groups excluding carboxylic acids is 2. The monoisotopic (exact) mass is 368 g/mol. The number of hydrogen-bond acceptors (Lipinski definition) is 4. The molecule has 5 nitrogen and oxygen atoms in total. The van der Waals surface area contributed by atoms with Gasteiger partial charge in [-0.1, -0.05) is 36.4 Å². The second-order valence-electron chi connectivity index (χ2n) is 7.33. The Kier molecular flexibility index (Phi) is 5.80. The van der Waals surface area contributed by atoms with Crippen molar-refractivity contribution in [2.45, 2.75) is 32.7 Å². The molecule has 0 spiro atoms. The molecular weight excluding hydrogens is 340 g/mol. The molecule has 1 saturated heterocycles. The van der Waals surface area contributed by atoms with Crippen LogP contribution in [-0.2, 0) is 14.3 Å². The van der Waals surface area contributed by atoms with Gasteiger partial charge in [0.05, 0.1) is 18.1 Å². The van der Waals surface area contributed by atoms with Crippen LogP contribution in [0.5, 0.6) is 0 Å². The number of likely N-dealkylation sites (tertiary alicyclic amines) is 1. The lowest BCUT2D eigenvalue weighted by Crippen LogP contribution is -2.45. The van der Waals surface area contributed by atoms with Crippen molar-refractivity contribution in [3.63, 3.8) is 0 Å². The summed E-state index contributed by atoms with van der Waals surface area (Å²) in [7, 11) is 2.07. The molecule has 0 aliphatic carbocycles. The lowest BCUT2D eigenvalue weighted by Gasteiger charge is -2.42. The fourth-order valence-corrected chi connectivity index (χ4v) is 3.97. The summed E-state index contributed by atoms with van der Waals surface area (Å²) in [5.41, 5.74) is 1.34.